The maximum Gasteiger partial charge on any atom is 0.337 e. The molecule has 4 aromatic rings. The summed E-state index contributed by atoms with van der Waals surface area (Å²) >= 11 is 5.92. The number of benzene rings is 3. The number of halogens is 1. The molecule has 1 unspecified atom stereocenters. The molecule has 29 heavy (non-hydrogen) atoms. The minimum Gasteiger partial charge on any atom is -0.497 e. The van der Waals surface area contributed by atoms with Gasteiger partial charge in [-0.1, -0.05) is 41.9 Å². The van der Waals surface area contributed by atoms with Crippen molar-refractivity contribution in [3.8, 4) is 17.2 Å². The van der Waals surface area contributed by atoms with Crippen LogP contribution in [-0.2, 0) is 4.79 Å². The molecule has 2 N–H and O–H groups in total. The standard InChI is InChI=1S/C13H8ClNO.C9H10O4/c14-10-5-3-4-9(8-10)13-15-11-6-1-2-7-12(11)16-13;1-13-7-4-2-3-6(5-7)8(10)9(11)12/h1-8H;2-5,8,10H,1H3,(H,11,12). The summed E-state index contributed by atoms with van der Waals surface area (Å²) in [5, 5.41) is 18.4. The highest BCUT2D eigenvalue weighted by Crippen LogP contribution is 2.25. The fourth-order valence-electron chi connectivity index (χ4n) is 2.57. The summed E-state index contributed by atoms with van der Waals surface area (Å²) in [6, 6.07) is 21.5. The number of aromatic nitrogens is 1. The summed E-state index contributed by atoms with van der Waals surface area (Å²) in [5.74, 6) is -0.144. The minimum atomic E-state index is -1.49. The number of oxazole rings is 1. The molecule has 3 aromatic carbocycles. The minimum absolute atomic E-state index is 0.312. The zero-order valence-electron chi connectivity index (χ0n) is 15.4. The van der Waals surface area contributed by atoms with Gasteiger partial charge in [0, 0.05) is 10.6 Å². The maximum atomic E-state index is 10.4. The third-order valence-corrected chi connectivity index (χ3v) is 4.24. The Labute approximate surface area is 172 Å². The van der Waals surface area contributed by atoms with E-state index in [0.717, 1.165) is 16.7 Å². The van der Waals surface area contributed by atoms with E-state index in [1.807, 2.05) is 48.5 Å². The Kier molecular flexibility index (Phi) is 6.49. The molecule has 0 saturated heterocycles. The van der Waals surface area contributed by atoms with E-state index >= 15 is 0 Å². The third kappa shape index (κ3) is 5.13. The molecule has 0 radical (unpaired) electrons. The summed E-state index contributed by atoms with van der Waals surface area (Å²) in [6.45, 7) is 0. The van der Waals surface area contributed by atoms with E-state index in [9.17, 15) is 4.79 Å². The molecule has 0 spiro atoms. The summed E-state index contributed by atoms with van der Waals surface area (Å²) in [7, 11) is 1.48. The Hall–Kier alpha value is -3.35. The van der Waals surface area contributed by atoms with Gasteiger partial charge in [-0.05, 0) is 48.0 Å². The number of carboxylic acid groups (broad SMARTS) is 1. The first-order chi connectivity index (χ1) is 14.0. The van der Waals surface area contributed by atoms with Gasteiger partial charge in [-0.15, -0.1) is 0 Å². The van der Waals surface area contributed by atoms with Gasteiger partial charge in [0.15, 0.2) is 11.7 Å². The quantitative estimate of drug-likeness (QED) is 0.493. The lowest BCUT2D eigenvalue weighted by Crippen LogP contribution is -2.10. The number of carbonyl (C=O) groups is 1. The van der Waals surface area contributed by atoms with Crippen molar-refractivity contribution in [3.63, 3.8) is 0 Å². The van der Waals surface area contributed by atoms with Gasteiger partial charge in [0.1, 0.15) is 11.3 Å². The van der Waals surface area contributed by atoms with Crippen molar-refractivity contribution in [2.45, 2.75) is 6.10 Å². The molecule has 7 heteroatoms. The molecule has 1 atom stereocenters. The van der Waals surface area contributed by atoms with Crippen molar-refractivity contribution in [2.24, 2.45) is 0 Å². The third-order valence-electron chi connectivity index (χ3n) is 4.01. The zero-order chi connectivity index (χ0) is 20.8. The highest BCUT2D eigenvalue weighted by Gasteiger charge is 2.15. The monoisotopic (exact) mass is 411 g/mol. The second-order valence-electron chi connectivity index (χ2n) is 6.01. The number of aliphatic carboxylic acids is 1. The number of carboxylic acids is 1. The predicted octanol–water partition coefficient (Wildman–Crippen LogP) is 4.96. The van der Waals surface area contributed by atoms with E-state index in [1.165, 1.54) is 19.2 Å². The SMILES string of the molecule is COc1cccc(C(O)C(=O)O)c1.Clc1cccc(-c2nc3ccccc3o2)c1. The van der Waals surface area contributed by atoms with Crippen LogP contribution in [-0.4, -0.2) is 28.3 Å². The molecule has 148 valence electrons. The van der Waals surface area contributed by atoms with Gasteiger partial charge < -0.3 is 19.4 Å². The van der Waals surface area contributed by atoms with E-state index in [1.54, 1.807) is 12.1 Å². The predicted molar refractivity (Wildman–Crippen MR) is 110 cm³/mol. The molecule has 1 heterocycles. The van der Waals surface area contributed by atoms with Gasteiger partial charge in [-0.3, -0.25) is 0 Å². The fraction of sp³-hybridized carbons (Fsp3) is 0.0909. The molecule has 0 amide bonds. The summed E-state index contributed by atoms with van der Waals surface area (Å²) in [5.41, 5.74) is 2.85. The zero-order valence-corrected chi connectivity index (χ0v) is 16.2. The first kappa shape index (κ1) is 20.4. The van der Waals surface area contributed by atoms with Crippen molar-refractivity contribution >= 4 is 28.7 Å². The number of hydrogen-bond donors (Lipinski definition) is 2. The van der Waals surface area contributed by atoms with Crippen LogP contribution in [0.5, 0.6) is 5.75 Å². The molecule has 0 aliphatic rings. The number of rotatable bonds is 4. The largest absolute Gasteiger partial charge is 0.497 e. The number of nitrogens with zero attached hydrogens (tertiary/aromatic N) is 1. The molecule has 0 aliphatic carbocycles. The molecule has 0 bridgehead atoms. The number of methoxy groups -OCH3 is 1. The number of hydrogen-bond acceptors (Lipinski definition) is 5. The van der Waals surface area contributed by atoms with E-state index in [0.29, 0.717) is 22.2 Å². The Balaban J connectivity index is 0.000000170. The molecule has 1 aromatic heterocycles. The van der Waals surface area contributed by atoms with Crippen molar-refractivity contribution in [1.29, 1.82) is 0 Å². The molecule has 0 aliphatic heterocycles. The summed E-state index contributed by atoms with van der Waals surface area (Å²) < 4.78 is 10.5. The Morgan fingerprint density at radius 2 is 1.83 bits per heavy atom. The van der Waals surface area contributed by atoms with Gasteiger partial charge in [0.2, 0.25) is 5.89 Å². The number of aliphatic hydroxyl groups is 1. The smallest absolute Gasteiger partial charge is 0.337 e. The van der Waals surface area contributed by atoms with Crippen LogP contribution in [0.2, 0.25) is 5.02 Å². The maximum absolute atomic E-state index is 10.4. The lowest BCUT2D eigenvalue weighted by Gasteiger charge is -2.06. The topological polar surface area (TPSA) is 92.8 Å². The van der Waals surface area contributed by atoms with Crippen molar-refractivity contribution in [2.75, 3.05) is 7.11 Å². The first-order valence-corrected chi connectivity index (χ1v) is 9.02. The summed E-state index contributed by atoms with van der Waals surface area (Å²) in [4.78, 5) is 14.8. The highest BCUT2D eigenvalue weighted by molar-refractivity contribution is 6.30. The van der Waals surface area contributed by atoms with E-state index in [4.69, 9.17) is 31.0 Å². The highest BCUT2D eigenvalue weighted by atomic mass is 35.5. The molecule has 0 saturated carbocycles. The van der Waals surface area contributed by atoms with Crippen LogP contribution in [0, 0.1) is 0 Å². The normalized spacial score (nSPS) is 11.4. The van der Waals surface area contributed by atoms with Crippen molar-refractivity contribution in [1.82, 2.24) is 4.98 Å². The van der Waals surface area contributed by atoms with Gasteiger partial charge in [0.25, 0.3) is 0 Å². The van der Waals surface area contributed by atoms with Crippen molar-refractivity contribution < 1.29 is 24.2 Å². The van der Waals surface area contributed by atoms with E-state index in [-0.39, 0.29) is 0 Å². The fourth-order valence-corrected chi connectivity index (χ4v) is 2.76. The van der Waals surface area contributed by atoms with Gasteiger partial charge in [-0.25, -0.2) is 9.78 Å². The molecule has 4 rings (SSSR count). The van der Waals surface area contributed by atoms with Crippen molar-refractivity contribution in [3.05, 3.63) is 83.4 Å². The van der Waals surface area contributed by atoms with Gasteiger partial charge in [-0.2, -0.15) is 0 Å². The van der Waals surface area contributed by atoms with Gasteiger partial charge in [0.05, 0.1) is 7.11 Å². The lowest BCUT2D eigenvalue weighted by atomic mass is 10.1. The number of para-hydroxylation sites is 2. The van der Waals surface area contributed by atoms with Gasteiger partial charge >= 0.3 is 5.97 Å². The number of ether oxygens (including phenoxy) is 1. The lowest BCUT2D eigenvalue weighted by molar-refractivity contribution is -0.146. The average molecular weight is 412 g/mol. The van der Waals surface area contributed by atoms with E-state index in [2.05, 4.69) is 4.98 Å². The van der Waals surface area contributed by atoms with Crippen LogP contribution < -0.4 is 4.74 Å². The number of fused-ring (bicyclic) bond motifs is 1. The van der Waals surface area contributed by atoms with Crippen LogP contribution in [0.3, 0.4) is 0 Å². The van der Waals surface area contributed by atoms with Crippen LogP contribution in [0.15, 0.2) is 77.2 Å². The number of aliphatic hydroxyl groups excluding tert-OH is 1. The van der Waals surface area contributed by atoms with Crippen LogP contribution in [0.1, 0.15) is 11.7 Å². The van der Waals surface area contributed by atoms with Crippen LogP contribution in [0.25, 0.3) is 22.6 Å². The second kappa shape index (κ2) is 9.23. The Bertz CT molecular complexity index is 1090. The van der Waals surface area contributed by atoms with Crippen LogP contribution in [0.4, 0.5) is 0 Å². The first-order valence-electron chi connectivity index (χ1n) is 8.64. The van der Waals surface area contributed by atoms with E-state index < -0.39 is 12.1 Å². The van der Waals surface area contributed by atoms with Crippen LogP contribution >= 0.6 is 11.6 Å². The molecule has 6 nitrogen and oxygen atoms in total. The Morgan fingerprint density at radius 1 is 1.07 bits per heavy atom. The summed E-state index contributed by atoms with van der Waals surface area (Å²) in [6.07, 6.45) is -1.49. The Morgan fingerprint density at radius 3 is 2.52 bits per heavy atom. The average Bonchev–Trinajstić information content (AvgIpc) is 3.18. The molecular formula is C22H18ClNO5. The second-order valence-corrected chi connectivity index (χ2v) is 6.45. The molecular weight excluding hydrogens is 394 g/mol. The molecule has 0 fully saturated rings.